The van der Waals surface area contributed by atoms with Gasteiger partial charge in [-0.15, -0.1) is 0 Å². The maximum atomic E-state index is 13.0. The van der Waals surface area contributed by atoms with Gasteiger partial charge < -0.3 is 15.1 Å². The number of carbonyl (C=O) groups excluding carboxylic acids is 2. The lowest BCUT2D eigenvalue weighted by Crippen LogP contribution is -2.57. The zero-order valence-electron chi connectivity index (χ0n) is 16.2. The van der Waals surface area contributed by atoms with Crippen LogP contribution in [0, 0.1) is 6.92 Å². The summed E-state index contributed by atoms with van der Waals surface area (Å²) < 4.78 is 0. The van der Waals surface area contributed by atoms with Crippen molar-refractivity contribution in [3.63, 3.8) is 0 Å². The number of aryl methyl sites for hydroxylation is 1. The van der Waals surface area contributed by atoms with Crippen LogP contribution >= 0.6 is 11.6 Å². The quantitative estimate of drug-likeness (QED) is 0.817. The van der Waals surface area contributed by atoms with Crippen LogP contribution in [-0.2, 0) is 0 Å². The topological polar surface area (TPSA) is 52.7 Å². The van der Waals surface area contributed by atoms with Gasteiger partial charge in [-0.1, -0.05) is 17.7 Å². The molecule has 1 unspecified atom stereocenters. The molecule has 2 heterocycles. The molecular weight excluding hydrogens is 374 g/mol. The third-order valence-electron chi connectivity index (χ3n) is 5.68. The molecule has 0 bridgehead atoms. The Morgan fingerprint density at radius 1 is 1.21 bits per heavy atom. The maximum absolute atomic E-state index is 13.0. The van der Waals surface area contributed by atoms with Gasteiger partial charge in [-0.2, -0.15) is 0 Å². The normalized spacial score (nSPS) is 18.5. The van der Waals surface area contributed by atoms with E-state index >= 15 is 0 Å². The van der Waals surface area contributed by atoms with Crippen molar-refractivity contribution >= 4 is 34.8 Å². The number of anilines is 2. The summed E-state index contributed by atoms with van der Waals surface area (Å²) in [5.74, 6) is -0.134. The Morgan fingerprint density at radius 3 is 2.82 bits per heavy atom. The van der Waals surface area contributed by atoms with Crippen molar-refractivity contribution in [2.24, 2.45) is 0 Å². The van der Waals surface area contributed by atoms with E-state index in [1.165, 1.54) is 0 Å². The largest absolute Gasteiger partial charge is 0.351 e. The Balaban J connectivity index is 1.67. The van der Waals surface area contributed by atoms with Gasteiger partial charge in [0, 0.05) is 29.4 Å². The summed E-state index contributed by atoms with van der Waals surface area (Å²) in [7, 11) is 0. The second kappa shape index (κ2) is 7.47. The van der Waals surface area contributed by atoms with Crippen LogP contribution in [0.3, 0.4) is 0 Å². The molecule has 6 heteroatoms. The molecule has 28 heavy (non-hydrogen) atoms. The van der Waals surface area contributed by atoms with E-state index in [1.54, 1.807) is 24.3 Å². The number of benzene rings is 2. The smallest absolute Gasteiger partial charge is 0.257 e. The predicted octanol–water partition coefficient (Wildman–Crippen LogP) is 4.69. The lowest BCUT2D eigenvalue weighted by atomic mass is 9.97. The van der Waals surface area contributed by atoms with Gasteiger partial charge in [0.05, 0.1) is 11.3 Å². The fourth-order valence-corrected chi connectivity index (χ4v) is 4.36. The number of nitrogens with one attached hydrogen (secondary N) is 1. The van der Waals surface area contributed by atoms with E-state index in [9.17, 15) is 9.59 Å². The van der Waals surface area contributed by atoms with E-state index in [0.717, 1.165) is 43.6 Å². The maximum Gasteiger partial charge on any atom is 0.257 e. The van der Waals surface area contributed by atoms with Gasteiger partial charge in [0.25, 0.3) is 11.8 Å². The standard InChI is InChI=1S/C22H24ClN3O2/c1-3-25-19-12-15(21(27)24-18-13-16(23)9-7-14(18)2)8-10-17(19)22(28)26-11-5-4-6-20(25)26/h7-10,12-13,20H,3-6,11H2,1-2H3,(H,24,27). The number of hydrogen-bond donors (Lipinski definition) is 1. The van der Waals surface area contributed by atoms with Crippen LogP contribution in [0.1, 0.15) is 52.5 Å². The first-order valence-electron chi connectivity index (χ1n) is 9.78. The molecule has 1 fully saturated rings. The van der Waals surface area contributed by atoms with Crippen LogP contribution in [0.5, 0.6) is 0 Å². The molecular formula is C22H24ClN3O2. The highest BCUT2D eigenvalue weighted by Gasteiger charge is 2.38. The van der Waals surface area contributed by atoms with Crippen LogP contribution in [0.25, 0.3) is 0 Å². The van der Waals surface area contributed by atoms with Crippen molar-refractivity contribution in [3.8, 4) is 0 Å². The first-order chi connectivity index (χ1) is 13.5. The number of rotatable bonds is 3. The molecule has 2 aromatic carbocycles. The lowest BCUT2D eigenvalue weighted by Gasteiger charge is -2.47. The second-order valence-corrected chi connectivity index (χ2v) is 7.84. The third-order valence-corrected chi connectivity index (χ3v) is 5.92. The number of amides is 2. The van der Waals surface area contributed by atoms with Gasteiger partial charge in [-0.25, -0.2) is 0 Å². The SMILES string of the molecule is CCN1c2cc(C(=O)Nc3cc(Cl)ccc3C)ccc2C(=O)N2CCCCC21. The van der Waals surface area contributed by atoms with E-state index in [2.05, 4.69) is 17.1 Å². The number of carbonyl (C=O) groups is 2. The number of halogens is 1. The molecule has 1 saturated heterocycles. The van der Waals surface area contributed by atoms with Gasteiger partial charge in [0.1, 0.15) is 6.17 Å². The Hall–Kier alpha value is -2.53. The Bertz CT molecular complexity index is 943. The van der Waals surface area contributed by atoms with Gasteiger partial charge in [0.15, 0.2) is 0 Å². The van der Waals surface area contributed by atoms with Crippen molar-refractivity contribution in [3.05, 3.63) is 58.1 Å². The van der Waals surface area contributed by atoms with E-state index < -0.39 is 0 Å². The summed E-state index contributed by atoms with van der Waals surface area (Å²) in [5, 5.41) is 3.51. The molecule has 5 nitrogen and oxygen atoms in total. The summed E-state index contributed by atoms with van der Waals surface area (Å²) in [6.45, 7) is 5.61. The number of fused-ring (bicyclic) bond motifs is 2. The highest BCUT2D eigenvalue weighted by atomic mass is 35.5. The molecule has 0 saturated carbocycles. The van der Waals surface area contributed by atoms with Crippen molar-refractivity contribution in [1.82, 2.24) is 4.90 Å². The molecule has 2 aromatic rings. The molecule has 0 radical (unpaired) electrons. The fraction of sp³-hybridized carbons (Fsp3) is 0.364. The molecule has 4 rings (SSSR count). The minimum absolute atomic E-state index is 0.0713. The molecule has 0 spiro atoms. The second-order valence-electron chi connectivity index (χ2n) is 7.41. The summed E-state index contributed by atoms with van der Waals surface area (Å²) in [4.78, 5) is 30.0. The van der Waals surface area contributed by atoms with Crippen LogP contribution in [0.4, 0.5) is 11.4 Å². The average Bonchev–Trinajstić information content (AvgIpc) is 2.71. The summed E-state index contributed by atoms with van der Waals surface area (Å²) in [5.41, 5.74) is 3.70. The Kier molecular flexibility index (Phi) is 5.02. The molecule has 146 valence electrons. The van der Waals surface area contributed by atoms with Crippen LogP contribution in [0.2, 0.25) is 5.02 Å². The molecule has 2 aliphatic rings. The fourth-order valence-electron chi connectivity index (χ4n) is 4.19. The predicted molar refractivity (Wildman–Crippen MR) is 112 cm³/mol. The van der Waals surface area contributed by atoms with Crippen molar-refractivity contribution in [2.45, 2.75) is 39.3 Å². The number of piperidine rings is 1. The third kappa shape index (κ3) is 3.24. The lowest BCUT2D eigenvalue weighted by molar-refractivity contribution is 0.0582. The average molecular weight is 398 g/mol. The van der Waals surface area contributed by atoms with E-state index in [-0.39, 0.29) is 18.0 Å². The Labute approximate surface area is 170 Å². The van der Waals surface area contributed by atoms with Crippen molar-refractivity contribution < 1.29 is 9.59 Å². The molecule has 2 amide bonds. The van der Waals surface area contributed by atoms with E-state index in [4.69, 9.17) is 11.6 Å². The minimum atomic E-state index is -0.206. The zero-order chi connectivity index (χ0) is 19.8. The molecule has 1 atom stereocenters. The van der Waals surface area contributed by atoms with Crippen LogP contribution in [-0.4, -0.2) is 36.0 Å². The van der Waals surface area contributed by atoms with Crippen molar-refractivity contribution in [2.75, 3.05) is 23.3 Å². The summed E-state index contributed by atoms with van der Waals surface area (Å²) >= 11 is 6.06. The Morgan fingerprint density at radius 2 is 2.04 bits per heavy atom. The minimum Gasteiger partial charge on any atom is -0.351 e. The number of hydrogen-bond acceptors (Lipinski definition) is 3. The number of nitrogens with zero attached hydrogens (tertiary/aromatic N) is 2. The van der Waals surface area contributed by atoms with Gasteiger partial charge >= 0.3 is 0 Å². The summed E-state index contributed by atoms with van der Waals surface area (Å²) in [6, 6.07) is 10.8. The molecule has 1 N–H and O–H groups in total. The van der Waals surface area contributed by atoms with Gasteiger partial charge in [-0.3, -0.25) is 9.59 Å². The summed E-state index contributed by atoms with van der Waals surface area (Å²) in [6.07, 6.45) is 3.23. The molecule has 2 aliphatic heterocycles. The first kappa shape index (κ1) is 18.8. The van der Waals surface area contributed by atoms with E-state index in [1.807, 2.05) is 24.0 Å². The van der Waals surface area contributed by atoms with Crippen LogP contribution in [0.15, 0.2) is 36.4 Å². The first-order valence-corrected chi connectivity index (χ1v) is 10.2. The molecule has 0 aromatic heterocycles. The van der Waals surface area contributed by atoms with E-state index in [0.29, 0.717) is 21.8 Å². The molecule has 0 aliphatic carbocycles. The van der Waals surface area contributed by atoms with Gasteiger partial charge in [-0.05, 0) is 69.0 Å². The zero-order valence-corrected chi connectivity index (χ0v) is 16.9. The van der Waals surface area contributed by atoms with Gasteiger partial charge in [0.2, 0.25) is 0 Å². The van der Waals surface area contributed by atoms with Crippen LogP contribution < -0.4 is 10.2 Å². The highest BCUT2D eigenvalue weighted by molar-refractivity contribution is 6.31. The monoisotopic (exact) mass is 397 g/mol. The van der Waals surface area contributed by atoms with Crippen molar-refractivity contribution in [1.29, 1.82) is 0 Å². The highest BCUT2D eigenvalue weighted by Crippen LogP contribution is 2.36.